The quantitative estimate of drug-likeness (QED) is 0.440. The van der Waals surface area contributed by atoms with Gasteiger partial charge < -0.3 is 10.2 Å². The number of hydrogen-bond acceptors (Lipinski definition) is 6. The van der Waals surface area contributed by atoms with Gasteiger partial charge in [-0.05, 0) is 65.0 Å². The molecule has 2 aromatic carbocycles. The fraction of sp³-hybridized carbons (Fsp3) is 0.227. The van der Waals surface area contributed by atoms with Crippen molar-refractivity contribution in [2.75, 3.05) is 5.32 Å². The fourth-order valence-electron chi connectivity index (χ4n) is 4.87. The van der Waals surface area contributed by atoms with Crippen LogP contribution in [0.5, 0.6) is 0 Å². The molecule has 0 spiro atoms. The molecule has 2 amide bonds. The molecule has 2 unspecified atom stereocenters. The number of benzene rings is 2. The number of urea groups is 1. The number of nitrogens with one attached hydrogen (secondary N) is 2. The number of H-pyrrole nitrogens is 1. The minimum atomic E-state index is -0.737. The summed E-state index contributed by atoms with van der Waals surface area (Å²) in [6.07, 6.45) is 1.94. The lowest BCUT2D eigenvalue weighted by Gasteiger charge is -2.35. The summed E-state index contributed by atoms with van der Waals surface area (Å²) in [5, 5.41) is 16.4. The third-order valence-corrected chi connectivity index (χ3v) is 6.67. The molecule has 6 rings (SSSR count). The van der Waals surface area contributed by atoms with Gasteiger partial charge in [0, 0.05) is 17.7 Å². The van der Waals surface area contributed by atoms with E-state index in [0.717, 1.165) is 24.1 Å². The van der Waals surface area contributed by atoms with Gasteiger partial charge in [0.15, 0.2) is 11.3 Å². The van der Waals surface area contributed by atoms with Crippen LogP contribution in [0, 0.1) is 11.6 Å². The van der Waals surface area contributed by atoms with Crippen molar-refractivity contribution in [2.24, 2.45) is 0 Å². The zero-order valence-corrected chi connectivity index (χ0v) is 18.1. The van der Waals surface area contributed by atoms with Gasteiger partial charge in [-0.15, -0.1) is 0 Å². The highest BCUT2D eigenvalue weighted by atomic mass is 35.5. The largest absolute Gasteiger partial charge is 0.322 e. The number of halogens is 3. The minimum Gasteiger partial charge on any atom is -0.313 e. The van der Waals surface area contributed by atoms with Crippen LogP contribution in [0.1, 0.15) is 30.1 Å². The average Bonchev–Trinajstić information content (AvgIpc) is 3.40. The molecule has 34 heavy (non-hydrogen) atoms. The molecule has 4 heterocycles. The van der Waals surface area contributed by atoms with Crippen LogP contribution in [0.2, 0.25) is 5.02 Å². The van der Waals surface area contributed by atoms with E-state index in [1.807, 2.05) is 0 Å². The van der Waals surface area contributed by atoms with Crippen molar-refractivity contribution in [3.05, 3.63) is 68.6 Å². The Labute approximate surface area is 194 Å². The first-order valence-electron chi connectivity index (χ1n) is 10.5. The van der Waals surface area contributed by atoms with Crippen molar-refractivity contribution in [3.8, 4) is 11.1 Å². The summed E-state index contributed by atoms with van der Waals surface area (Å²) in [6, 6.07) is 5.63. The highest BCUT2D eigenvalue weighted by Crippen LogP contribution is 2.43. The lowest BCUT2D eigenvalue weighted by molar-refractivity contribution is 0.177. The van der Waals surface area contributed by atoms with Crippen molar-refractivity contribution < 1.29 is 18.2 Å². The molecule has 0 radical (unpaired) electrons. The summed E-state index contributed by atoms with van der Waals surface area (Å²) in [7, 11) is 0. The molecule has 0 aliphatic carbocycles. The van der Waals surface area contributed by atoms with Gasteiger partial charge in [0.2, 0.25) is 0 Å². The Morgan fingerprint density at radius 2 is 2.00 bits per heavy atom. The number of fused-ring (bicyclic) bond motifs is 5. The van der Waals surface area contributed by atoms with E-state index in [2.05, 4.69) is 30.5 Å². The van der Waals surface area contributed by atoms with Crippen molar-refractivity contribution in [1.29, 1.82) is 0 Å². The first-order valence-corrected chi connectivity index (χ1v) is 10.9. The van der Waals surface area contributed by atoms with Gasteiger partial charge in [-0.3, -0.25) is 4.79 Å². The predicted octanol–water partition coefficient (Wildman–Crippen LogP) is 4.20. The van der Waals surface area contributed by atoms with Crippen LogP contribution < -0.4 is 10.9 Å². The number of aromatic amines is 1. The molecular formula is C22H15ClF2N6O3. The Morgan fingerprint density at radius 3 is 2.85 bits per heavy atom. The summed E-state index contributed by atoms with van der Waals surface area (Å²) >= 11 is 6.38. The second-order valence-electron chi connectivity index (χ2n) is 8.33. The maximum Gasteiger partial charge on any atom is 0.322 e. The zero-order chi connectivity index (χ0) is 23.6. The molecule has 1 fully saturated rings. The highest BCUT2D eigenvalue weighted by Gasteiger charge is 2.44. The van der Waals surface area contributed by atoms with Gasteiger partial charge in [-0.1, -0.05) is 11.6 Å². The number of hydrogen-bond donors (Lipinski definition) is 2. The lowest BCUT2D eigenvalue weighted by Crippen LogP contribution is -2.45. The molecule has 172 valence electrons. The molecule has 9 nitrogen and oxygen atoms in total. The molecule has 2 bridgehead atoms. The summed E-state index contributed by atoms with van der Waals surface area (Å²) in [6.45, 7) is 0. The number of nitrogens with zero attached hydrogens (tertiary/aromatic N) is 4. The highest BCUT2D eigenvalue weighted by molar-refractivity contribution is 6.33. The molecule has 2 atom stereocenters. The van der Waals surface area contributed by atoms with Gasteiger partial charge in [-0.2, -0.15) is 5.10 Å². The van der Waals surface area contributed by atoms with E-state index in [0.29, 0.717) is 18.5 Å². The van der Waals surface area contributed by atoms with Gasteiger partial charge in [-0.25, -0.2) is 23.3 Å². The van der Waals surface area contributed by atoms with Crippen LogP contribution in [0.25, 0.3) is 22.2 Å². The SMILES string of the molecule is O=C(Nc1cc(Cl)c(-c2cc(F)c3nonc3c2)cc1F)N1C2CCC1c1n[nH]c(=O)cc1C2. The Bertz CT molecular complexity index is 1540. The first kappa shape index (κ1) is 20.7. The normalized spacial score (nSPS) is 18.9. The van der Waals surface area contributed by atoms with E-state index in [1.165, 1.54) is 18.2 Å². The van der Waals surface area contributed by atoms with Crippen LogP contribution in [0.15, 0.2) is 39.8 Å². The number of anilines is 1. The van der Waals surface area contributed by atoms with Crippen LogP contribution in [0.3, 0.4) is 0 Å². The van der Waals surface area contributed by atoms with E-state index in [1.54, 1.807) is 4.90 Å². The molecular weight excluding hydrogens is 470 g/mol. The van der Waals surface area contributed by atoms with Gasteiger partial charge in [0.1, 0.15) is 11.3 Å². The molecule has 0 saturated carbocycles. The molecule has 4 aromatic rings. The Balaban J connectivity index is 1.29. The maximum absolute atomic E-state index is 15.0. The van der Waals surface area contributed by atoms with Crippen molar-refractivity contribution in [1.82, 2.24) is 25.4 Å². The van der Waals surface area contributed by atoms with E-state index in [4.69, 9.17) is 11.6 Å². The topological polar surface area (TPSA) is 117 Å². The first-order chi connectivity index (χ1) is 16.4. The van der Waals surface area contributed by atoms with Crippen LogP contribution in [0.4, 0.5) is 19.3 Å². The summed E-state index contributed by atoms with van der Waals surface area (Å²) in [4.78, 5) is 26.4. The zero-order valence-electron chi connectivity index (χ0n) is 17.3. The smallest absolute Gasteiger partial charge is 0.313 e. The summed E-state index contributed by atoms with van der Waals surface area (Å²) in [5.41, 5.74) is 1.71. The van der Waals surface area contributed by atoms with E-state index < -0.39 is 17.7 Å². The van der Waals surface area contributed by atoms with Crippen LogP contribution in [-0.2, 0) is 6.42 Å². The number of aromatic nitrogens is 4. The van der Waals surface area contributed by atoms with Crippen LogP contribution in [-0.4, -0.2) is 37.5 Å². The van der Waals surface area contributed by atoms with E-state index >= 15 is 4.39 Å². The molecule has 2 aromatic heterocycles. The average molecular weight is 485 g/mol. The molecule has 1 saturated heterocycles. The predicted molar refractivity (Wildman–Crippen MR) is 117 cm³/mol. The number of amides is 2. The van der Waals surface area contributed by atoms with E-state index in [-0.39, 0.29) is 50.5 Å². The fourth-order valence-corrected chi connectivity index (χ4v) is 5.14. The monoisotopic (exact) mass is 484 g/mol. The summed E-state index contributed by atoms with van der Waals surface area (Å²) < 4.78 is 33.8. The second kappa shape index (κ2) is 7.59. The van der Waals surface area contributed by atoms with Gasteiger partial charge >= 0.3 is 6.03 Å². The van der Waals surface area contributed by atoms with Gasteiger partial charge in [0.05, 0.1) is 22.4 Å². The molecule has 12 heteroatoms. The Hall–Kier alpha value is -3.86. The molecule has 2 N–H and O–H groups in total. The van der Waals surface area contributed by atoms with Gasteiger partial charge in [0.25, 0.3) is 5.56 Å². The Morgan fingerprint density at radius 1 is 1.15 bits per heavy atom. The number of carbonyl (C=O) groups excluding carboxylic acids is 1. The number of rotatable bonds is 2. The van der Waals surface area contributed by atoms with Crippen molar-refractivity contribution >= 4 is 34.4 Å². The maximum atomic E-state index is 15.0. The third kappa shape index (κ3) is 3.23. The van der Waals surface area contributed by atoms with E-state index in [9.17, 15) is 14.0 Å². The summed E-state index contributed by atoms with van der Waals surface area (Å²) in [5.74, 6) is -1.42. The molecule has 2 aliphatic rings. The second-order valence-corrected chi connectivity index (χ2v) is 8.74. The van der Waals surface area contributed by atoms with Crippen molar-refractivity contribution in [2.45, 2.75) is 31.3 Å². The molecule has 2 aliphatic heterocycles. The minimum absolute atomic E-state index is 0.0412. The Kier molecular flexibility index (Phi) is 4.63. The number of carbonyl (C=O) groups is 1. The van der Waals surface area contributed by atoms with Crippen LogP contribution >= 0.6 is 11.6 Å². The third-order valence-electron chi connectivity index (χ3n) is 6.35. The van der Waals surface area contributed by atoms with Crippen molar-refractivity contribution in [3.63, 3.8) is 0 Å². The standard InChI is InChI=1S/C22H15ClF2N6O3/c23-13-8-16(14(24)7-12(13)9-4-15(25)21-17(5-9)29-34-30-21)26-22(33)31-11-1-2-18(31)20-10(3-11)6-19(32)27-28-20/h4-8,11,18H,1-3H2,(H,26,33)(H,27,32). The lowest BCUT2D eigenvalue weighted by atomic mass is 9.99.